The summed E-state index contributed by atoms with van der Waals surface area (Å²) in [7, 11) is 3.88. The molecular weight excluding hydrogens is 454 g/mol. The third-order valence-corrected chi connectivity index (χ3v) is 10.6. The van der Waals surface area contributed by atoms with Gasteiger partial charge >= 0.3 is 0 Å². The summed E-state index contributed by atoms with van der Waals surface area (Å²) in [4.78, 5) is 6.35. The first-order valence-corrected chi connectivity index (χ1v) is 13.1. The minimum absolute atomic E-state index is 0.137. The van der Waals surface area contributed by atoms with Gasteiger partial charge in [0.1, 0.15) is 17.0 Å². The minimum Gasteiger partial charge on any atom is -0.443 e. The molecule has 188 valence electrons. The van der Waals surface area contributed by atoms with Gasteiger partial charge in [-0.2, -0.15) is 5.26 Å². The summed E-state index contributed by atoms with van der Waals surface area (Å²) >= 11 is 0. The maximum atomic E-state index is 11.2. The molecule has 3 aliphatic carbocycles. The molecule has 2 spiro atoms. The number of aliphatic hydroxyl groups excluding tert-OH is 2. The summed E-state index contributed by atoms with van der Waals surface area (Å²) in [5.74, 6) is 0.153. The van der Waals surface area contributed by atoms with Crippen molar-refractivity contribution in [3.05, 3.63) is 47.9 Å². The number of likely N-dealkylation sites (N-methyl/N-ethyl adjacent to an activating group) is 1. The largest absolute Gasteiger partial charge is 0.443 e. The molecule has 3 fully saturated rings. The summed E-state index contributed by atoms with van der Waals surface area (Å²) in [6.07, 6.45) is 8.51. The van der Waals surface area contributed by atoms with Crippen molar-refractivity contribution in [1.29, 1.82) is 5.26 Å². The van der Waals surface area contributed by atoms with Crippen LogP contribution in [0.15, 0.2) is 46.7 Å². The van der Waals surface area contributed by atoms with Crippen molar-refractivity contribution in [2.24, 2.45) is 16.7 Å². The maximum Gasteiger partial charge on any atom is 0.181 e. The topological polar surface area (TPSA) is 103 Å². The second kappa shape index (κ2) is 7.08. The molecule has 8 atom stereocenters. The summed E-state index contributed by atoms with van der Waals surface area (Å²) in [6.45, 7) is 2.34. The van der Waals surface area contributed by atoms with E-state index in [9.17, 15) is 15.5 Å². The first-order valence-electron chi connectivity index (χ1n) is 13.1. The van der Waals surface area contributed by atoms with Crippen LogP contribution in [0, 0.1) is 28.1 Å². The number of nitrogens with zero attached hydrogens (tertiary/aromatic N) is 3. The van der Waals surface area contributed by atoms with Crippen LogP contribution in [0.1, 0.15) is 51.0 Å². The van der Waals surface area contributed by atoms with Crippen LogP contribution >= 0.6 is 0 Å². The van der Waals surface area contributed by atoms with Crippen molar-refractivity contribution in [3.8, 4) is 6.07 Å². The van der Waals surface area contributed by atoms with Gasteiger partial charge in [0.25, 0.3) is 0 Å². The fourth-order valence-corrected chi connectivity index (χ4v) is 8.72. The smallest absolute Gasteiger partial charge is 0.181 e. The lowest BCUT2D eigenvalue weighted by Crippen LogP contribution is -2.66. The van der Waals surface area contributed by atoms with Crippen LogP contribution in [0.25, 0.3) is 16.7 Å². The molecule has 2 bridgehead atoms. The number of benzene rings is 1. The number of hydrogen-bond donors (Lipinski definition) is 2. The lowest BCUT2D eigenvalue weighted by atomic mass is 9.49. The number of aliphatic hydroxyl groups is 2. The van der Waals surface area contributed by atoms with Gasteiger partial charge < -0.3 is 24.3 Å². The van der Waals surface area contributed by atoms with Gasteiger partial charge in [0.2, 0.25) is 0 Å². The van der Waals surface area contributed by atoms with Crippen LogP contribution in [-0.4, -0.2) is 63.6 Å². The van der Waals surface area contributed by atoms with Gasteiger partial charge in [-0.05, 0) is 86.9 Å². The zero-order valence-electron chi connectivity index (χ0n) is 21.1. The average Bonchev–Trinajstić information content (AvgIpc) is 3.56. The average molecular weight is 488 g/mol. The molecule has 7 nitrogen and oxygen atoms in total. The van der Waals surface area contributed by atoms with Crippen LogP contribution < -0.4 is 0 Å². The minimum atomic E-state index is -1.02. The molecule has 2 aromatic rings. The van der Waals surface area contributed by atoms with Crippen molar-refractivity contribution in [2.45, 2.75) is 74.9 Å². The Balaban J connectivity index is 1.33. The van der Waals surface area contributed by atoms with Crippen LogP contribution in [0.4, 0.5) is 0 Å². The van der Waals surface area contributed by atoms with Crippen molar-refractivity contribution < 1.29 is 19.4 Å². The van der Waals surface area contributed by atoms with E-state index in [1.807, 2.05) is 31.1 Å². The number of rotatable bonds is 2. The first-order chi connectivity index (χ1) is 17.2. The van der Waals surface area contributed by atoms with E-state index >= 15 is 0 Å². The molecule has 7 heteroatoms. The lowest BCUT2D eigenvalue weighted by Gasteiger charge is -2.61. The highest BCUT2D eigenvalue weighted by Gasteiger charge is 2.74. The molecule has 36 heavy (non-hydrogen) atoms. The van der Waals surface area contributed by atoms with Crippen molar-refractivity contribution >= 4 is 16.7 Å². The van der Waals surface area contributed by atoms with E-state index in [2.05, 4.69) is 36.2 Å². The first kappa shape index (κ1) is 22.7. The molecule has 3 heterocycles. The van der Waals surface area contributed by atoms with Crippen LogP contribution in [0.2, 0.25) is 0 Å². The molecule has 2 N–H and O–H groups in total. The number of allylic oxidation sites excluding steroid dienone is 2. The van der Waals surface area contributed by atoms with Gasteiger partial charge in [-0.1, -0.05) is 25.1 Å². The fraction of sp³-hybridized carbons (Fsp3) is 0.586. The van der Waals surface area contributed by atoms with Gasteiger partial charge in [0, 0.05) is 12.0 Å². The van der Waals surface area contributed by atoms with Gasteiger partial charge in [0.15, 0.2) is 12.0 Å². The zero-order chi connectivity index (χ0) is 25.1. The molecule has 2 saturated carbocycles. The van der Waals surface area contributed by atoms with Gasteiger partial charge in [0.05, 0.1) is 23.4 Å². The second-order valence-corrected chi connectivity index (χ2v) is 12.2. The van der Waals surface area contributed by atoms with Crippen LogP contribution in [0.5, 0.6) is 0 Å². The summed E-state index contributed by atoms with van der Waals surface area (Å²) in [5.41, 5.74) is 2.64. The van der Waals surface area contributed by atoms with Crippen LogP contribution in [-0.2, 0) is 4.74 Å². The quantitative estimate of drug-likeness (QED) is 0.621. The third-order valence-electron chi connectivity index (χ3n) is 10.6. The highest BCUT2D eigenvalue weighted by atomic mass is 16.5. The zero-order valence-corrected chi connectivity index (χ0v) is 21.1. The second-order valence-electron chi connectivity index (χ2n) is 12.2. The van der Waals surface area contributed by atoms with E-state index in [-0.39, 0.29) is 17.4 Å². The van der Waals surface area contributed by atoms with Crippen molar-refractivity contribution in [1.82, 2.24) is 9.88 Å². The normalized spacial score (nSPS) is 45.0. The Morgan fingerprint density at radius 2 is 2.00 bits per heavy atom. The molecule has 1 saturated heterocycles. The highest BCUT2D eigenvalue weighted by Crippen LogP contribution is 2.72. The summed E-state index contributed by atoms with van der Waals surface area (Å²) < 4.78 is 12.7. The Kier molecular flexibility index (Phi) is 4.46. The SMILES string of the molecule is CN(C)[C@H]1C[C@@]23CC[C@]4(O2)C2CC=C(c5ccc6ocnc6c5)[C@@]2(C)CCC4(C#N)C=C3[C@@H](O)[C@@H]1O. The van der Waals surface area contributed by atoms with E-state index in [1.165, 1.54) is 12.0 Å². The molecule has 2 aliphatic heterocycles. The maximum absolute atomic E-state index is 11.2. The molecule has 1 aromatic heterocycles. The Bertz CT molecular complexity index is 1370. The standard InChI is InChI=1S/C29H33N3O4/c1-26-8-9-27(15-30)13-19-24(33)25(34)21(32(2)3)14-28(19)10-11-29(27,36-28)23(26)7-5-18(26)17-4-6-22-20(12-17)31-16-35-22/h4-6,12-13,16,21,23-25,33-34H,7-11,14H2,1-3H3/t21-,23?,24+,25+,26+,27?,28+,29-/m0/s1. The molecule has 7 rings (SSSR count). The van der Waals surface area contributed by atoms with Gasteiger partial charge in [-0.25, -0.2) is 4.98 Å². The lowest BCUT2D eigenvalue weighted by molar-refractivity contribution is -0.223. The van der Waals surface area contributed by atoms with Crippen LogP contribution in [0.3, 0.4) is 0 Å². The predicted octanol–water partition coefficient (Wildman–Crippen LogP) is 3.82. The molecular formula is C29H33N3O4. The molecule has 5 aliphatic rings. The summed E-state index contributed by atoms with van der Waals surface area (Å²) in [6, 6.07) is 8.70. The number of fused-ring (bicyclic) bond motifs is 2. The number of oxazole rings is 1. The monoisotopic (exact) mass is 487 g/mol. The summed E-state index contributed by atoms with van der Waals surface area (Å²) in [5, 5.41) is 32.9. The third kappa shape index (κ3) is 2.54. The fourth-order valence-electron chi connectivity index (χ4n) is 8.72. The van der Waals surface area contributed by atoms with E-state index in [4.69, 9.17) is 9.15 Å². The number of hydrogen-bond acceptors (Lipinski definition) is 7. The van der Waals surface area contributed by atoms with E-state index in [0.717, 1.165) is 47.9 Å². The van der Waals surface area contributed by atoms with Crippen molar-refractivity contribution in [2.75, 3.05) is 14.1 Å². The van der Waals surface area contributed by atoms with Gasteiger partial charge in [-0.3, -0.25) is 0 Å². The molecule has 0 amide bonds. The highest BCUT2D eigenvalue weighted by molar-refractivity contribution is 5.82. The number of nitriles is 1. The van der Waals surface area contributed by atoms with Gasteiger partial charge in [-0.15, -0.1) is 0 Å². The van der Waals surface area contributed by atoms with Crippen molar-refractivity contribution in [3.63, 3.8) is 0 Å². The predicted molar refractivity (Wildman–Crippen MR) is 133 cm³/mol. The van der Waals surface area contributed by atoms with E-state index in [0.29, 0.717) is 12.8 Å². The Hall–Kier alpha value is -2.50. The number of ether oxygens (including phenoxy) is 1. The Labute approximate surface area is 211 Å². The Morgan fingerprint density at radius 1 is 1.17 bits per heavy atom. The van der Waals surface area contributed by atoms with E-state index < -0.39 is 28.8 Å². The Morgan fingerprint density at radius 3 is 2.78 bits per heavy atom. The molecule has 0 radical (unpaired) electrons. The van der Waals surface area contributed by atoms with E-state index in [1.54, 1.807) is 0 Å². The number of aromatic nitrogens is 1. The molecule has 1 aromatic carbocycles. The molecule has 2 unspecified atom stereocenters.